The molecule has 2 rings (SSSR count). The zero-order chi connectivity index (χ0) is 15.5. The van der Waals surface area contributed by atoms with Gasteiger partial charge in [0.15, 0.2) is 0 Å². The van der Waals surface area contributed by atoms with Crippen molar-refractivity contribution in [3.05, 3.63) is 40.9 Å². The summed E-state index contributed by atoms with van der Waals surface area (Å²) in [6.07, 6.45) is -0.720. The van der Waals surface area contributed by atoms with Crippen molar-refractivity contribution < 1.29 is 18.0 Å². The van der Waals surface area contributed by atoms with Gasteiger partial charge >= 0.3 is 6.18 Å². The molecule has 2 nitrogen and oxygen atoms in total. The summed E-state index contributed by atoms with van der Waals surface area (Å²) < 4.78 is 38.8. The molecular formula is C15H15ClF3NO. The van der Waals surface area contributed by atoms with Crippen molar-refractivity contribution in [3.8, 4) is 0 Å². The van der Waals surface area contributed by atoms with Gasteiger partial charge in [0.2, 0.25) is 5.91 Å². The van der Waals surface area contributed by atoms with Crippen LogP contribution in [0.25, 0.3) is 6.08 Å². The van der Waals surface area contributed by atoms with Crippen LogP contribution in [-0.2, 0) is 4.79 Å². The number of piperidine rings is 1. The highest BCUT2D eigenvalue weighted by Gasteiger charge is 2.45. The number of amides is 1. The van der Waals surface area contributed by atoms with Gasteiger partial charge in [-0.1, -0.05) is 29.8 Å². The molecule has 1 aromatic carbocycles. The zero-order valence-corrected chi connectivity index (χ0v) is 12.0. The first-order valence-corrected chi connectivity index (χ1v) is 7.07. The van der Waals surface area contributed by atoms with Crippen LogP contribution in [0.2, 0.25) is 5.02 Å². The second kappa shape index (κ2) is 6.52. The second-order valence-electron chi connectivity index (χ2n) is 4.94. The lowest BCUT2D eigenvalue weighted by Crippen LogP contribution is -2.50. The molecule has 0 radical (unpaired) electrons. The fraction of sp³-hybridized carbons (Fsp3) is 0.400. The van der Waals surface area contributed by atoms with E-state index >= 15 is 0 Å². The number of hydrogen-bond acceptors (Lipinski definition) is 1. The number of carbonyl (C=O) groups is 1. The van der Waals surface area contributed by atoms with Crippen LogP contribution in [0.3, 0.4) is 0 Å². The molecule has 1 aromatic rings. The van der Waals surface area contributed by atoms with E-state index in [-0.39, 0.29) is 13.0 Å². The molecule has 1 heterocycles. The van der Waals surface area contributed by atoms with E-state index < -0.39 is 18.1 Å². The first kappa shape index (κ1) is 15.9. The molecule has 1 aliphatic heterocycles. The Bertz CT molecular complexity index is 542. The van der Waals surface area contributed by atoms with Gasteiger partial charge in [0.25, 0.3) is 0 Å². The van der Waals surface area contributed by atoms with Crippen molar-refractivity contribution in [2.75, 3.05) is 6.54 Å². The summed E-state index contributed by atoms with van der Waals surface area (Å²) in [6.45, 7) is 0.135. The third-order valence-corrected chi connectivity index (χ3v) is 3.82. The van der Waals surface area contributed by atoms with Crippen molar-refractivity contribution in [3.63, 3.8) is 0 Å². The molecule has 1 saturated heterocycles. The fourth-order valence-electron chi connectivity index (χ4n) is 2.40. The van der Waals surface area contributed by atoms with Crippen LogP contribution in [0.15, 0.2) is 30.3 Å². The maximum absolute atomic E-state index is 12.9. The summed E-state index contributed by atoms with van der Waals surface area (Å²) in [6, 6.07) is 5.16. The molecular weight excluding hydrogens is 303 g/mol. The van der Waals surface area contributed by atoms with E-state index in [1.165, 1.54) is 6.08 Å². The van der Waals surface area contributed by atoms with Crippen molar-refractivity contribution >= 4 is 23.6 Å². The van der Waals surface area contributed by atoms with E-state index in [1.807, 2.05) is 0 Å². The highest BCUT2D eigenvalue weighted by molar-refractivity contribution is 6.32. The number of carbonyl (C=O) groups excluding carboxylic acids is 1. The Labute approximate surface area is 126 Å². The lowest BCUT2D eigenvalue weighted by Gasteiger charge is -2.36. The molecule has 0 bridgehead atoms. The van der Waals surface area contributed by atoms with Crippen LogP contribution >= 0.6 is 11.6 Å². The van der Waals surface area contributed by atoms with Gasteiger partial charge in [-0.25, -0.2) is 0 Å². The normalized spacial score (nSPS) is 20.0. The molecule has 1 fully saturated rings. The highest BCUT2D eigenvalue weighted by Crippen LogP contribution is 2.32. The Balaban J connectivity index is 2.13. The van der Waals surface area contributed by atoms with Gasteiger partial charge in [0.05, 0.1) is 0 Å². The molecule has 0 saturated carbocycles. The van der Waals surface area contributed by atoms with E-state index in [1.54, 1.807) is 24.3 Å². The number of halogens is 4. The summed E-state index contributed by atoms with van der Waals surface area (Å²) in [4.78, 5) is 12.9. The predicted octanol–water partition coefficient (Wildman–Crippen LogP) is 4.30. The van der Waals surface area contributed by atoms with Crippen LogP contribution in [0, 0.1) is 0 Å². The number of benzene rings is 1. The summed E-state index contributed by atoms with van der Waals surface area (Å²) in [5.41, 5.74) is 0.605. The van der Waals surface area contributed by atoms with E-state index in [0.717, 1.165) is 11.0 Å². The van der Waals surface area contributed by atoms with E-state index in [0.29, 0.717) is 23.4 Å². The van der Waals surface area contributed by atoms with Gasteiger partial charge in [0, 0.05) is 17.6 Å². The molecule has 114 valence electrons. The molecule has 1 atom stereocenters. The first-order chi connectivity index (χ1) is 9.89. The first-order valence-electron chi connectivity index (χ1n) is 6.69. The summed E-state index contributed by atoms with van der Waals surface area (Å²) in [5, 5.41) is 0.451. The molecule has 1 amide bonds. The van der Waals surface area contributed by atoms with Gasteiger partial charge in [0.1, 0.15) is 6.04 Å². The van der Waals surface area contributed by atoms with Gasteiger partial charge < -0.3 is 4.90 Å². The molecule has 0 spiro atoms. The predicted molar refractivity (Wildman–Crippen MR) is 75.9 cm³/mol. The van der Waals surface area contributed by atoms with Crippen LogP contribution in [0.4, 0.5) is 13.2 Å². The zero-order valence-electron chi connectivity index (χ0n) is 11.2. The minimum atomic E-state index is -4.38. The van der Waals surface area contributed by atoms with Crippen LogP contribution in [0.5, 0.6) is 0 Å². The lowest BCUT2D eigenvalue weighted by molar-refractivity contribution is -0.193. The summed E-state index contributed by atoms with van der Waals surface area (Å²) in [7, 11) is 0. The van der Waals surface area contributed by atoms with Crippen LogP contribution in [-0.4, -0.2) is 29.6 Å². The van der Waals surface area contributed by atoms with Crippen molar-refractivity contribution in [1.82, 2.24) is 4.90 Å². The number of nitrogens with zero attached hydrogens (tertiary/aromatic N) is 1. The lowest BCUT2D eigenvalue weighted by atomic mass is 10.0. The Hall–Kier alpha value is -1.49. The monoisotopic (exact) mass is 317 g/mol. The Kier molecular flexibility index (Phi) is 4.93. The van der Waals surface area contributed by atoms with Crippen molar-refractivity contribution in [1.29, 1.82) is 0 Å². The standard InChI is InChI=1S/C15H15ClF3NO/c16-12-6-2-1-5-11(12)8-9-14(21)20-10-4-3-7-13(20)15(17,18)19/h1-2,5-6,8-9,13H,3-4,7,10H2/b9-8+. The number of likely N-dealkylation sites (tertiary alicyclic amines) is 1. The number of alkyl halides is 3. The minimum absolute atomic E-state index is 0.0326. The van der Waals surface area contributed by atoms with Gasteiger partial charge in [-0.2, -0.15) is 13.2 Å². The third kappa shape index (κ3) is 4.00. The summed E-state index contributed by atoms with van der Waals surface area (Å²) in [5.74, 6) is -0.628. The maximum atomic E-state index is 12.9. The second-order valence-corrected chi connectivity index (χ2v) is 5.35. The average Bonchev–Trinajstić information content (AvgIpc) is 2.45. The average molecular weight is 318 g/mol. The number of rotatable bonds is 2. The third-order valence-electron chi connectivity index (χ3n) is 3.47. The highest BCUT2D eigenvalue weighted by atomic mass is 35.5. The Morgan fingerprint density at radius 3 is 2.67 bits per heavy atom. The topological polar surface area (TPSA) is 20.3 Å². The summed E-state index contributed by atoms with van der Waals surface area (Å²) >= 11 is 5.94. The van der Waals surface area contributed by atoms with Crippen molar-refractivity contribution in [2.24, 2.45) is 0 Å². The smallest absolute Gasteiger partial charge is 0.327 e. The molecule has 21 heavy (non-hydrogen) atoms. The maximum Gasteiger partial charge on any atom is 0.408 e. The fourth-order valence-corrected chi connectivity index (χ4v) is 2.60. The SMILES string of the molecule is O=C(/C=C/c1ccccc1Cl)N1CCCCC1C(F)(F)F. The molecule has 0 aromatic heterocycles. The van der Waals surface area contributed by atoms with Gasteiger partial charge in [-0.05, 0) is 37.0 Å². The quantitative estimate of drug-likeness (QED) is 0.745. The van der Waals surface area contributed by atoms with Crippen LogP contribution in [0.1, 0.15) is 24.8 Å². The largest absolute Gasteiger partial charge is 0.408 e. The van der Waals surface area contributed by atoms with Gasteiger partial charge in [-0.3, -0.25) is 4.79 Å². The van der Waals surface area contributed by atoms with Gasteiger partial charge in [-0.15, -0.1) is 0 Å². The molecule has 0 N–H and O–H groups in total. The Morgan fingerprint density at radius 2 is 2.00 bits per heavy atom. The number of hydrogen-bond donors (Lipinski definition) is 0. The molecule has 1 aliphatic rings. The van der Waals surface area contributed by atoms with Crippen molar-refractivity contribution in [2.45, 2.75) is 31.5 Å². The minimum Gasteiger partial charge on any atom is -0.327 e. The van der Waals surface area contributed by atoms with E-state index in [4.69, 9.17) is 11.6 Å². The molecule has 1 unspecified atom stereocenters. The Morgan fingerprint density at radius 1 is 1.29 bits per heavy atom. The molecule has 6 heteroatoms. The molecule has 0 aliphatic carbocycles. The van der Waals surface area contributed by atoms with E-state index in [9.17, 15) is 18.0 Å². The van der Waals surface area contributed by atoms with Crippen LogP contribution < -0.4 is 0 Å². The van der Waals surface area contributed by atoms with E-state index in [2.05, 4.69) is 0 Å².